The van der Waals surface area contributed by atoms with Crippen molar-refractivity contribution < 1.29 is 9.53 Å². The summed E-state index contributed by atoms with van der Waals surface area (Å²) in [7, 11) is 1.61. The molecule has 2 aromatic rings. The second-order valence-corrected chi connectivity index (χ2v) is 4.67. The fourth-order valence-corrected chi connectivity index (χ4v) is 2.03. The Bertz CT molecular complexity index is 581. The van der Waals surface area contributed by atoms with Crippen LogP contribution in [-0.2, 0) is 17.1 Å². The first kappa shape index (κ1) is 14.4. The topological polar surface area (TPSA) is 38.3 Å². The Balaban J connectivity index is 1.97. The minimum atomic E-state index is -0.0584. The van der Waals surface area contributed by atoms with Gasteiger partial charge in [-0.3, -0.25) is 4.79 Å². The van der Waals surface area contributed by atoms with Crippen LogP contribution in [0.15, 0.2) is 48.5 Å². The molecule has 0 unspecified atom stereocenters. The highest BCUT2D eigenvalue weighted by atomic mass is 35.5. The highest BCUT2D eigenvalue weighted by molar-refractivity contribution is 6.17. The van der Waals surface area contributed by atoms with Gasteiger partial charge in [-0.2, -0.15) is 0 Å². The Hall–Kier alpha value is -2.00. The number of rotatable bonds is 5. The first-order valence-corrected chi connectivity index (χ1v) is 6.82. The molecule has 0 saturated carbocycles. The van der Waals surface area contributed by atoms with E-state index in [2.05, 4.69) is 5.32 Å². The third kappa shape index (κ3) is 4.00. The molecule has 0 fully saturated rings. The molecule has 0 atom stereocenters. The van der Waals surface area contributed by atoms with E-state index in [1.807, 2.05) is 48.5 Å². The maximum Gasteiger partial charge on any atom is 0.228 e. The molecular weight excluding hydrogens is 274 g/mol. The van der Waals surface area contributed by atoms with Crippen molar-refractivity contribution in [1.29, 1.82) is 0 Å². The molecule has 20 heavy (non-hydrogen) atoms. The van der Waals surface area contributed by atoms with E-state index >= 15 is 0 Å². The van der Waals surface area contributed by atoms with Gasteiger partial charge in [0.05, 0.1) is 13.5 Å². The molecule has 0 aliphatic rings. The minimum Gasteiger partial charge on any atom is -0.497 e. The summed E-state index contributed by atoms with van der Waals surface area (Å²) in [5.41, 5.74) is 2.71. The summed E-state index contributed by atoms with van der Waals surface area (Å²) in [6.45, 7) is 0. The lowest BCUT2D eigenvalue weighted by molar-refractivity contribution is -0.115. The van der Waals surface area contributed by atoms with Crippen LogP contribution in [0.4, 0.5) is 5.69 Å². The third-order valence-electron chi connectivity index (χ3n) is 2.89. The Labute approximate surface area is 123 Å². The third-order valence-corrected chi connectivity index (χ3v) is 3.20. The molecule has 3 nitrogen and oxygen atoms in total. The average molecular weight is 290 g/mol. The maximum atomic E-state index is 12.0. The molecule has 0 aliphatic carbocycles. The Morgan fingerprint density at radius 1 is 1.15 bits per heavy atom. The number of hydrogen-bond donors (Lipinski definition) is 1. The molecule has 0 aromatic heterocycles. The van der Waals surface area contributed by atoms with Crippen molar-refractivity contribution >= 4 is 23.2 Å². The summed E-state index contributed by atoms with van der Waals surface area (Å²) in [5.74, 6) is 1.16. The van der Waals surface area contributed by atoms with Crippen molar-refractivity contribution in [3.05, 3.63) is 59.7 Å². The summed E-state index contributed by atoms with van der Waals surface area (Å²) < 4.78 is 5.14. The van der Waals surface area contributed by atoms with Crippen molar-refractivity contribution in [3.63, 3.8) is 0 Å². The Morgan fingerprint density at radius 2 is 1.90 bits per heavy atom. The van der Waals surface area contributed by atoms with E-state index in [4.69, 9.17) is 16.3 Å². The van der Waals surface area contributed by atoms with E-state index in [1.54, 1.807) is 7.11 Å². The van der Waals surface area contributed by atoms with Crippen LogP contribution in [0.5, 0.6) is 5.75 Å². The van der Waals surface area contributed by atoms with Crippen molar-refractivity contribution in [3.8, 4) is 5.75 Å². The summed E-state index contributed by atoms with van der Waals surface area (Å²) in [4.78, 5) is 12.0. The number of alkyl halides is 1. The van der Waals surface area contributed by atoms with Crippen LogP contribution in [0.1, 0.15) is 11.1 Å². The number of halogens is 1. The first-order chi connectivity index (χ1) is 9.71. The number of hydrogen-bond acceptors (Lipinski definition) is 2. The van der Waals surface area contributed by atoms with Gasteiger partial charge in [-0.1, -0.05) is 24.3 Å². The van der Waals surface area contributed by atoms with Gasteiger partial charge < -0.3 is 10.1 Å². The number of anilines is 1. The summed E-state index contributed by atoms with van der Waals surface area (Å²) in [5, 5.41) is 2.86. The average Bonchev–Trinajstić information content (AvgIpc) is 2.48. The van der Waals surface area contributed by atoms with Crippen LogP contribution >= 0.6 is 11.6 Å². The number of nitrogens with one attached hydrogen (secondary N) is 1. The van der Waals surface area contributed by atoms with Gasteiger partial charge in [0.2, 0.25) is 5.91 Å². The number of ether oxygens (including phenoxy) is 1. The number of carbonyl (C=O) groups excluding carboxylic acids is 1. The molecule has 0 radical (unpaired) electrons. The molecule has 0 spiro atoms. The van der Waals surface area contributed by atoms with Gasteiger partial charge in [0, 0.05) is 11.6 Å². The fourth-order valence-electron chi connectivity index (χ4n) is 1.85. The van der Waals surface area contributed by atoms with Gasteiger partial charge in [-0.05, 0) is 35.4 Å². The van der Waals surface area contributed by atoms with Crippen molar-refractivity contribution in [2.75, 3.05) is 12.4 Å². The van der Waals surface area contributed by atoms with Gasteiger partial charge in [0.15, 0.2) is 0 Å². The molecule has 1 amide bonds. The first-order valence-electron chi connectivity index (χ1n) is 6.29. The molecule has 104 valence electrons. The molecule has 4 heteroatoms. The Morgan fingerprint density at radius 3 is 2.55 bits per heavy atom. The van der Waals surface area contributed by atoms with E-state index in [1.165, 1.54) is 0 Å². The van der Waals surface area contributed by atoms with Gasteiger partial charge in [-0.25, -0.2) is 0 Å². The van der Waals surface area contributed by atoms with Gasteiger partial charge in [-0.15, -0.1) is 11.6 Å². The molecule has 0 bridgehead atoms. The Kier molecular flexibility index (Phi) is 5.02. The van der Waals surface area contributed by atoms with Crippen LogP contribution < -0.4 is 10.1 Å². The zero-order valence-corrected chi connectivity index (χ0v) is 12.0. The summed E-state index contributed by atoms with van der Waals surface area (Å²) in [6.07, 6.45) is 0.314. The second-order valence-electron chi connectivity index (χ2n) is 4.41. The second kappa shape index (κ2) is 6.96. The minimum absolute atomic E-state index is 0.0584. The molecule has 1 N–H and O–H groups in total. The summed E-state index contributed by atoms with van der Waals surface area (Å²) in [6, 6.07) is 15.0. The van der Waals surface area contributed by atoms with E-state index < -0.39 is 0 Å². The van der Waals surface area contributed by atoms with Crippen LogP contribution in [-0.4, -0.2) is 13.0 Å². The zero-order valence-electron chi connectivity index (χ0n) is 11.2. The zero-order chi connectivity index (χ0) is 14.4. The van der Waals surface area contributed by atoms with Crippen LogP contribution in [0.3, 0.4) is 0 Å². The molecule has 2 aromatic carbocycles. The van der Waals surface area contributed by atoms with Gasteiger partial charge >= 0.3 is 0 Å². The number of methoxy groups -OCH3 is 1. The smallest absolute Gasteiger partial charge is 0.228 e. The van der Waals surface area contributed by atoms with Crippen molar-refractivity contribution in [2.45, 2.75) is 12.3 Å². The van der Waals surface area contributed by atoms with E-state index in [9.17, 15) is 4.79 Å². The lowest BCUT2D eigenvalue weighted by atomic mass is 10.1. The standard InChI is InChI=1S/C16H16ClNO2/c1-20-15-4-2-3-13(9-15)10-16(19)18-14-7-5-12(11-17)6-8-14/h2-9H,10-11H2,1H3,(H,18,19). The quantitative estimate of drug-likeness (QED) is 0.854. The van der Waals surface area contributed by atoms with E-state index in [-0.39, 0.29) is 5.91 Å². The number of amides is 1. The highest BCUT2D eigenvalue weighted by Gasteiger charge is 2.05. The van der Waals surface area contributed by atoms with Crippen LogP contribution in [0.25, 0.3) is 0 Å². The van der Waals surface area contributed by atoms with Gasteiger partial charge in [0.1, 0.15) is 5.75 Å². The summed E-state index contributed by atoms with van der Waals surface area (Å²) >= 11 is 5.72. The molecule has 0 aliphatic heterocycles. The normalized spacial score (nSPS) is 10.1. The highest BCUT2D eigenvalue weighted by Crippen LogP contribution is 2.15. The number of carbonyl (C=O) groups is 1. The lowest BCUT2D eigenvalue weighted by Crippen LogP contribution is -2.14. The van der Waals surface area contributed by atoms with E-state index in [0.29, 0.717) is 12.3 Å². The van der Waals surface area contributed by atoms with Gasteiger partial charge in [0.25, 0.3) is 0 Å². The van der Waals surface area contributed by atoms with Crippen molar-refractivity contribution in [2.24, 2.45) is 0 Å². The largest absolute Gasteiger partial charge is 0.497 e. The monoisotopic (exact) mass is 289 g/mol. The van der Waals surface area contributed by atoms with Crippen molar-refractivity contribution in [1.82, 2.24) is 0 Å². The SMILES string of the molecule is COc1cccc(CC(=O)Nc2ccc(CCl)cc2)c1. The molecule has 2 rings (SSSR count). The number of benzene rings is 2. The molecule has 0 heterocycles. The maximum absolute atomic E-state index is 12.0. The van der Waals surface area contributed by atoms with Crippen LogP contribution in [0, 0.1) is 0 Å². The molecular formula is C16H16ClNO2. The van der Waals surface area contributed by atoms with Crippen LogP contribution in [0.2, 0.25) is 0 Å². The lowest BCUT2D eigenvalue weighted by Gasteiger charge is -2.07. The fraction of sp³-hybridized carbons (Fsp3) is 0.188. The molecule has 0 saturated heterocycles. The predicted octanol–water partition coefficient (Wildman–Crippen LogP) is 3.62. The predicted molar refractivity (Wildman–Crippen MR) is 81.3 cm³/mol. The van der Waals surface area contributed by atoms with E-state index in [0.717, 1.165) is 22.6 Å².